The molecule has 0 aliphatic heterocycles. The molecule has 3 heterocycles. The maximum absolute atomic E-state index is 10.2. The molecule has 0 saturated heterocycles. The van der Waals surface area contributed by atoms with Crippen LogP contribution >= 0.6 is 47.8 Å². The molecule has 3 N–H and O–H groups in total. The third-order valence-corrected chi connectivity index (χ3v) is 7.43. The number of carboxylic acid groups (broad SMARTS) is 3. The molecule has 0 aliphatic carbocycles. The molecule has 0 bridgehead atoms. The second kappa shape index (κ2) is 23.5. The van der Waals surface area contributed by atoms with Gasteiger partial charge in [0.2, 0.25) is 0 Å². The summed E-state index contributed by atoms with van der Waals surface area (Å²) in [5, 5.41) is 30.6. The number of halogens is 3. The van der Waals surface area contributed by atoms with Crippen molar-refractivity contribution in [1.82, 2.24) is 15.0 Å². The molecule has 0 spiro atoms. The maximum Gasteiger partial charge on any atom is 3.00 e. The second-order valence-electron chi connectivity index (χ2n) is 9.22. The van der Waals surface area contributed by atoms with E-state index < -0.39 is 17.9 Å². The van der Waals surface area contributed by atoms with Crippen LogP contribution in [0.4, 0.5) is 0 Å². The molecule has 260 valence electrons. The molecule has 3 aromatic heterocycles. The van der Waals surface area contributed by atoms with E-state index in [9.17, 15) is 29.7 Å². The molecule has 0 unspecified atom stereocenters. The Balaban J connectivity index is 0.000000344. The van der Waals surface area contributed by atoms with E-state index >= 15 is 0 Å². The van der Waals surface area contributed by atoms with Gasteiger partial charge in [0.1, 0.15) is 0 Å². The number of aromatic nitrogens is 3. The van der Waals surface area contributed by atoms with Crippen molar-refractivity contribution in [1.29, 1.82) is 0 Å². The van der Waals surface area contributed by atoms with Crippen molar-refractivity contribution in [3.8, 4) is 22.8 Å². The maximum atomic E-state index is 10.2. The van der Waals surface area contributed by atoms with Crippen LogP contribution in [0.5, 0.6) is 0 Å². The van der Waals surface area contributed by atoms with Gasteiger partial charge in [-0.1, -0.05) is 102 Å². The van der Waals surface area contributed by atoms with Gasteiger partial charge >= 0.3 is 36.9 Å². The Bertz CT molecular complexity index is 1730. The monoisotopic (exact) mass is 1020 g/mol. The summed E-state index contributed by atoms with van der Waals surface area (Å²) in [6, 6.07) is 36.3. The third-order valence-electron chi connectivity index (χ3n) is 5.84. The zero-order valence-electron chi connectivity index (χ0n) is 25.6. The normalized spacial score (nSPS) is 9.26. The molecule has 6 rings (SSSR count). The fourth-order valence-electron chi connectivity index (χ4n) is 3.51. The smallest absolute Gasteiger partial charge is 0.545 e. The number of rotatable bonds is 5. The van der Waals surface area contributed by atoms with E-state index in [4.69, 9.17) is 0 Å². The molecule has 0 fully saturated rings. The van der Waals surface area contributed by atoms with Gasteiger partial charge in [-0.2, -0.15) is 0 Å². The molecule has 0 atom stereocenters. The fraction of sp³-hybridized carbons (Fsp3) is 0. The van der Waals surface area contributed by atoms with Crippen molar-refractivity contribution in [2.75, 3.05) is 0 Å². The van der Waals surface area contributed by atoms with Crippen molar-refractivity contribution in [3.05, 3.63) is 170 Å². The molecule has 3 aromatic carbocycles. The quantitative estimate of drug-likeness (QED) is 0.220. The third kappa shape index (κ3) is 15.8. The second-order valence-corrected chi connectivity index (χ2v) is 12.0. The molecular weight excluding hydrogens is 995 g/mol. The molecule has 0 saturated carbocycles. The molecule has 10 nitrogen and oxygen atoms in total. The van der Waals surface area contributed by atoms with Crippen LogP contribution in [0.1, 0.15) is 31.1 Å². The van der Waals surface area contributed by atoms with Gasteiger partial charge in [-0.3, -0.25) is 9.97 Å². The Morgan fingerprint density at radius 1 is 0.420 bits per heavy atom. The van der Waals surface area contributed by atoms with Crippen molar-refractivity contribution in [3.63, 3.8) is 0 Å². The van der Waals surface area contributed by atoms with Gasteiger partial charge in [0, 0.05) is 25.8 Å². The summed E-state index contributed by atoms with van der Waals surface area (Å²) in [6.45, 7) is 0. The minimum Gasteiger partial charge on any atom is -0.545 e. The molecular formula is C36H26Br3N3O7Tm+. The number of hydrogen-bond acceptors (Lipinski definition) is 9. The first-order valence-electron chi connectivity index (χ1n) is 13.7. The van der Waals surface area contributed by atoms with E-state index in [0.29, 0.717) is 0 Å². The largest absolute Gasteiger partial charge is 3.00 e. The minimum atomic E-state index is -1.15. The summed E-state index contributed by atoms with van der Waals surface area (Å²) >= 11 is 9.54. The number of benzene rings is 3. The van der Waals surface area contributed by atoms with Crippen LogP contribution in [-0.4, -0.2) is 32.9 Å². The molecule has 6 aromatic rings. The van der Waals surface area contributed by atoms with Crippen LogP contribution in [0.25, 0.3) is 22.8 Å². The number of carbonyl (C=O) groups excluding carboxylic acids is 3. The van der Waals surface area contributed by atoms with Crippen molar-refractivity contribution < 1.29 is 72.1 Å². The Kier molecular flexibility index (Phi) is 20.8. The van der Waals surface area contributed by atoms with E-state index in [1.807, 2.05) is 54.6 Å². The number of nitrogens with zero attached hydrogens (tertiary/aromatic N) is 3. The Labute approximate surface area is 342 Å². The van der Waals surface area contributed by atoms with Gasteiger partial charge < -0.3 is 35.2 Å². The SMILES string of the molecule is O=C([O-])c1ccc(Br)cc1.O=C([O-])c1ccc(Br)cc1.O=C([O-])c1ccc(Br)cc1.[OH3+].[Tm+3].c1ccc(-c2cccc(-c3ccccn3)n2)nc1. The molecule has 0 radical (unpaired) electrons. The molecule has 50 heavy (non-hydrogen) atoms. The molecule has 14 heteroatoms. The number of carbonyl (C=O) groups is 3. The Hall–Kier alpha value is -3.85. The first-order valence-corrected chi connectivity index (χ1v) is 16.1. The number of pyridine rings is 3. The standard InChI is InChI=1S/C15H11N3.3C7H5BrO2.H2O.Tm/c1-3-10-16-12(6-1)14-8-5-9-15(18-14)13-7-2-4-11-17-13;3*8-6-3-1-5(2-4-6)7(9)10;;/h1-11H;3*1-4H,(H,9,10);1H2;/q;;;;;+3/p-2. The van der Waals surface area contributed by atoms with Crippen molar-refractivity contribution >= 4 is 65.7 Å². The van der Waals surface area contributed by atoms with Crippen LogP contribution in [0.2, 0.25) is 0 Å². The number of hydrogen-bond donors (Lipinski definition) is 0. The summed E-state index contributed by atoms with van der Waals surface area (Å²) in [5.41, 5.74) is 4.05. The van der Waals surface area contributed by atoms with Crippen LogP contribution in [-0.2, 0) is 5.48 Å². The molecule has 0 amide bonds. The van der Waals surface area contributed by atoms with Gasteiger partial charge in [0.25, 0.3) is 0 Å². The minimum absolute atomic E-state index is 0. The summed E-state index contributed by atoms with van der Waals surface area (Å²) in [6.07, 6.45) is 3.54. The van der Waals surface area contributed by atoms with Crippen LogP contribution in [0.3, 0.4) is 0 Å². The Morgan fingerprint density at radius 3 is 0.940 bits per heavy atom. The summed E-state index contributed by atoms with van der Waals surface area (Å²) in [4.78, 5) is 43.7. The Morgan fingerprint density at radius 2 is 0.700 bits per heavy atom. The van der Waals surface area contributed by atoms with Crippen LogP contribution in [0, 0.1) is 36.9 Å². The predicted octanol–water partition coefficient (Wildman–Crippen LogP) is 4.72. The van der Waals surface area contributed by atoms with E-state index in [0.717, 1.165) is 36.2 Å². The van der Waals surface area contributed by atoms with Crippen LogP contribution < -0.4 is 15.3 Å². The van der Waals surface area contributed by atoms with Gasteiger partial charge in [-0.15, -0.1) is 0 Å². The predicted molar refractivity (Wildman–Crippen MR) is 191 cm³/mol. The van der Waals surface area contributed by atoms with Gasteiger partial charge in [-0.05, 0) is 89.5 Å². The van der Waals surface area contributed by atoms with E-state index in [1.165, 1.54) is 36.4 Å². The van der Waals surface area contributed by atoms with Gasteiger partial charge in [-0.25, -0.2) is 4.98 Å². The average molecular weight is 1020 g/mol. The molecule has 0 aliphatic rings. The zero-order valence-corrected chi connectivity index (χ0v) is 32.1. The zero-order chi connectivity index (χ0) is 34.9. The van der Waals surface area contributed by atoms with E-state index in [1.54, 1.807) is 48.8 Å². The van der Waals surface area contributed by atoms with Gasteiger partial charge in [0.15, 0.2) is 0 Å². The van der Waals surface area contributed by atoms with E-state index in [-0.39, 0.29) is 59.0 Å². The average Bonchev–Trinajstić information content (AvgIpc) is 3.10. The topological polar surface area (TPSA) is 192 Å². The van der Waals surface area contributed by atoms with E-state index in [2.05, 4.69) is 62.7 Å². The summed E-state index contributed by atoms with van der Waals surface area (Å²) in [7, 11) is 0. The fourth-order valence-corrected chi connectivity index (χ4v) is 4.30. The number of carboxylic acids is 3. The van der Waals surface area contributed by atoms with Gasteiger partial charge in [0.05, 0.1) is 40.7 Å². The first kappa shape index (κ1) is 44.2. The number of aromatic carboxylic acids is 3. The first-order chi connectivity index (χ1) is 23.0. The van der Waals surface area contributed by atoms with Crippen molar-refractivity contribution in [2.24, 2.45) is 0 Å². The summed E-state index contributed by atoms with van der Waals surface area (Å²) in [5.74, 6) is -3.44. The van der Waals surface area contributed by atoms with Crippen molar-refractivity contribution in [2.45, 2.75) is 0 Å². The van der Waals surface area contributed by atoms with Crippen LogP contribution in [0.15, 0.2) is 153 Å². The summed E-state index contributed by atoms with van der Waals surface area (Å²) < 4.78 is 2.58.